The molecule has 1 aromatic heterocycles. The molecule has 1 fully saturated rings. The van der Waals surface area contributed by atoms with Crippen LogP contribution in [0.25, 0.3) is 10.2 Å². The lowest BCUT2D eigenvalue weighted by molar-refractivity contribution is -0.129. The summed E-state index contributed by atoms with van der Waals surface area (Å²) in [7, 11) is 1.66. The molecular formula is C20H27N3O3S2. The summed E-state index contributed by atoms with van der Waals surface area (Å²) in [5, 5.41) is 0. The van der Waals surface area contributed by atoms with E-state index in [0.29, 0.717) is 23.7 Å². The van der Waals surface area contributed by atoms with Crippen LogP contribution in [0.2, 0.25) is 0 Å². The number of fused-ring (bicyclic) bond motifs is 1. The Morgan fingerprint density at radius 1 is 1.21 bits per heavy atom. The predicted octanol–water partition coefficient (Wildman–Crippen LogP) is 2.83. The maximum Gasteiger partial charge on any atom is 0.258 e. The lowest BCUT2D eigenvalue weighted by atomic mass is 10.1. The molecule has 0 radical (unpaired) electrons. The van der Waals surface area contributed by atoms with E-state index in [9.17, 15) is 9.59 Å². The number of thioether (sulfide) groups is 1. The third kappa shape index (κ3) is 5.46. The van der Waals surface area contributed by atoms with Crippen molar-refractivity contribution >= 4 is 45.1 Å². The lowest BCUT2D eigenvalue weighted by Crippen LogP contribution is -2.36. The van der Waals surface area contributed by atoms with Gasteiger partial charge in [-0.05, 0) is 43.9 Å². The quantitative estimate of drug-likeness (QED) is 0.690. The molecule has 6 nitrogen and oxygen atoms in total. The summed E-state index contributed by atoms with van der Waals surface area (Å²) < 4.78 is 8.35. The summed E-state index contributed by atoms with van der Waals surface area (Å²) >= 11 is 2.87. The van der Waals surface area contributed by atoms with Crippen LogP contribution in [0, 0.1) is 6.92 Å². The number of thiazole rings is 1. The predicted molar refractivity (Wildman–Crippen MR) is 115 cm³/mol. The van der Waals surface area contributed by atoms with Crippen LogP contribution in [0.3, 0.4) is 0 Å². The summed E-state index contributed by atoms with van der Waals surface area (Å²) in [6.45, 7) is 4.94. The van der Waals surface area contributed by atoms with E-state index in [1.165, 1.54) is 35.1 Å². The molecule has 2 amide bonds. The maximum absolute atomic E-state index is 12.4. The fourth-order valence-electron chi connectivity index (χ4n) is 3.26. The first-order valence-corrected chi connectivity index (χ1v) is 11.6. The second kappa shape index (κ2) is 10.2. The molecule has 1 aliphatic rings. The number of rotatable bonds is 7. The van der Waals surface area contributed by atoms with E-state index in [1.54, 1.807) is 7.11 Å². The molecule has 2 aromatic rings. The Labute approximate surface area is 173 Å². The lowest BCUT2D eigenvalue weighted by Gasteiger charge is -2.26. The Bertz CT molecular complexity index is 898. The number of nitrogens with zero attached hydrogens (tertiary/aromatic N) is 3. The number of methoxy groups -OCH3 is 1. The van der Waals surface area contributed by atoms with Crippen molar-refractivity contribution in [1.82, 2.24) is 9.47 Å². The number of carbonyl (C=O) groups is 2. The topological polar surface area (TPSA) is 63.9 Å². The van der Waals surface area contributed by atoms with Gasteiger partial charge < -0.3 is 14.2 Å². The highest BCUT2D eigenvalue weighted by atomic mass is 32.2. The summed E-state index contributed by atoms with van der Waals surface area (Å²) in [5.41, 5.74) is 2.24. The standard InChI is InChI=1S/C20H27N3O3S2/c1-15-6-7-16-17(12-15)28-20(23(16)10-11-26-2)21-18(24)13-27-14-19(25)22-8-4-3-5-9-22/h6-7,12H,3-5,8-11,13-14H2,1-2H3. The van der Waals surface area contributed by atoms with Gasteiger partial charge in [-0.3, -0.25) is 9.59 Å². The van der Waals surface area contributed by atoms with E-state index in [2.05, 4.69) is 30.1 Å². The van der Waals surface area contributed by atoms with Crippen LogP contribution >= 0.6 is 23.1 Å². The van der Waals surface area contributed by atoms with Gasteiger partial charge in [-0.25, -0.2) is 0 Å². The number of likely N-dealkylation sites (tertiary alicyclic amines) is 1. The number of amides is 2. The molecule has 2 heterocycles. The zero-order chi connectivity index (χ0) is 19.9. The third-order valence-electron chi connectivity index (χ3n) is 4.74. The molecule has 0 spiro atoms. The van der Waals surface area contributed by atoms with E-state index in [4.69, 9.17) is 4.74 Å². The first-order valence-electron chi connectivity index (χ1n) is 9.60. The van der Waals surface area contributed by atoms with E-state index in [-0.39, 0.29) is 17.6 Å². The average Bonchev–Trinajstić information content (AvgIpc) is 3.02. The SMILES string of the molecule is COCCn1c(=NC(=O)CSCC(=O)N2CCCCC2)sc2cc(C)ccc21. The van der Waals surface area contributed by atoms with Crippen molar-refractivity contribution in [3.05, 3.63) is 28.6 Å². The van der Waals surface area contributed by atoms with Gasteiger partial charge >= 0.3 is 0 Å². The van der Waals surface area contributed by atoms with Crippen LogP contribution in [0.15, 0.2) is 23.2 Å². The van der Waals surface area contributed by atoms with Crippen molar-refractivity contribution in [3.63, 3.8) is 0 Å². The Balaban J connectivity index is 1.66. The molecule has 0 unspecified atom stereocenters. The molecule has 1 aromatic carbocycles. The van der Waals surface area contributed by atoms with Gasteiger partial charge in [-0.1, -0.05) is 17.4 Å². The van der Waals surface area contributed by atoms with E-state index in [0.717, 1.165) is 36.1 Å². The van der Waals surface area contributed by atoms with E-state index in [1.807, 2.05) is 9.47 Å². The minimum absolute atomic E-state index is 0.130. The number of hydrogen-bond acceptors (Lipinski definition) is 5. The van der Waals surface area contributed by atoms with Gasteiger partial charge in [0, 0.05) is 26.7 Å². The number of aryl methyl sites for hydroxylation is 1. The van der Waals surface area contributed by atoms with Crippen molar-refractivity contribution < 1.29 is 14.3 Å². The second-order valence-electron chi connectivity index (χ2n) is 6.94. The molecule has 1 aliphatic heterocycles. The third-order valence-corrected chi connectivity index (χ3v) is 6.68. The zero-order valence-electron chi connectivity index (χ0n) is 16.5. The van der Waals surface area contributed by atoms with Gasteiger partial charge in [-0.2, -0.15) is 4.99 Å². The van der Waals surface area contributed by atoms with Gasteiger partial charge in [-0.15, -0.1) is 11.8 Å². The first kappa shape index (κ1) is 21.1. The van der Waals surface area contributed by atoms with Crippen LogP contribution in [0.1, 0.15) is 24.8 Å². The molecule has 0 aliphatic carbocycles. The molecule has 0 N–H and O–H groups in total. The Kier molecular flexibility index (Phi) is 7.70. The Morgan fingerprint density at radius 3 is 2.75 bits per heavy atom. The van der Waals surface area contributed by atoms with Gasteiger partial charge in [0.2, 0.25) is 5.91 Å². The van der Waals surface area contributed by atoms with Gasteiger partial charge in [0.1, 0.15) is 0 Å². The van der Waals surface area contributed by atoms with Crippen LogP contribution in [0.5, 0.6) is 0 Å². The fraction of sp³-hybridized carbons (Fsp3) is 0.550. The van der Waals surface area contributed by atoms with E-state index < -0.39 is 0 Å². The minimum atomic E-state index is -0.203. The molecule has 0 saturated carbocycles. The van der Waals surface area contributed by atoms with Crippen molar-refractivity contribution in [2.75, 3.05) is 38.3 Å². The van der Waals surface area contributed by atoms with Crippen molar-refractivity contribution in [2.45, 2.75) is 32.7 Å². The normalized spacial score (nSPS) is 15.4. The maximum atomic E-state index is 12.4. The molecule has 1 saturated heterocycles. The highest BCUT2D eigenvalue weighted by Crippen LogP contribution is 2.19. The summed E-state index contributed by atoms with van der Waals surface area (Å²) in [5.74, 6) is 0.490. The largest absolute Gasteiger partial charge is 0.383 e. The summed E-state index contributed by atoms with van der Waals surface area (Å²) in [6.07, 6.45) is 3.36. The Hall–Kier alpha value is -1.64. The molecule has 3 rings (SSSR count). The first-order chi connectivity index (χ1) is 13.6. The summed E-state index contributed by atoms with van der Waals surface area (Å²) in [4.78, 5) is 31.5. The molecule has 152 valence electrons. The van der Waals surface area contributed by atoms with Crippen LogP contribution < -0.4 is 4.80 Å². The number of hydrogen-bond donors (Lipinski definition) is 0. The minimum Gasteiger partial charge on any atom is -0.383 e. The highest BCUT2D eigenvalue weighted by molar-refractivity contribution is 8.00. The van der Waals surface area contributed by atoms with Gasteiger partial charge in [0.05, 0.1) is 28.3 Å². The number of carbonyl (C=O) groups excluding carboxylic acids is 2. The molecule has 0 bridgehead atoms. The average molecular weight is 422 g/mol. The van der Waals surface area contributed by atoms with Crippen LogP contribution in [-0.4, -0.2) is 59.6 Å². The van der Waals surface area contributed by atoms with Gasteiger partial charge in [0.25, 0.3) is 5.91 Å². The molecular weight excluding hydrogens is 394 g/mol. The molecule has 8 heteroatoms. The molecule has 28 heavy (non-hydrogen) atoms. The van der Waals surface area contributed by atoms with E-state index >= 15 is 0 Å². The Morgan fingerprint density at radius 2 is 2.00 bits per heavy atom. The highest BCUT2D eigenvalue weighted by Gasteiger charge is 2.16. The van der Waals surface area contributed by atoms with Crippen molar-refractivity contribution in [2.24, 2.45) is 4.99 Å². The molecule has 0 atom stereocenters. The monoisotopic (exact) mass is 421 g/mol. The number of aromatic nitrogens is 1. The van der Waals surface area contributed by atoms with Crippen molar-refractivity contribution in [3.8, 4) is 0 Å². The van der Waals surface area contributed by atoms with Gasteiger partial charge in [0.15, 0.2) is 4.80 Å². The smallest absolute Gasteiger partial charge is 0.258 e. The van der Waals surface area contributed by atoms with Crippen molar-refractivity contribution in [1.29, 1.82) is 0 Å². The van der Waals surface area contributed by atoms with Crippen LogP contribution in [-0.2, 0) is 20.9 Å². The second-order valence-corrected chi connectivity index (χ2v) is 8.93. The number of piperidine rings is 1. The number of benzene rings is 1. The summed E-state index contributed by atoms with van der Waals surface area (Å²) in [6, 6.07) is 6.23. The zero-order valence-corrected chi connectivity index (χ0v) is 18.1. The fourth-order valence-corrected chi connectivity index (χ4v) is 5.13. The van der Waals surface area contributed by atoms with Crippen LogP contribution in [0.4, 0.5) is 0 Å². The number of ether oxygens (including phenoxy) is 1.